The van der Waals surface area contributed by atoms with E-state index in [1.54, 1.807) is 0 Å². The van der Waals surface area contributed by atoms with Crippen molar-refractivity contribution in [2.45, 2.75) is 18.9 Å². The SMILES string of the molecule is C1=CCC(C2NC(c3ccccc3)=NC(N3c4ccccc4-c4ccccc4-c4cc5c(cc43)oc3ccccc35)N2)C=C1. The molecule has 0 amide bonds. The van der Waals surface area contributed by atoms with E-state index in [1.807, 2.05) is 18.2 Å². The minimum atomic E-state index is -0.383. The number of allylic oxidation sites excluding steroid dienone is 3. The van der Waals surface area contributed by atoms with Crippen LogP contribution in [0.5, 0.6) is 0 Å². The molecule has 6 aromatic rings. The van der Waals surface area contributed by atoms with Crippen molar-refractivity contribution in [1.82, 2.24) is 10.6 Å². The van der Waals surface area contributed by atoms with Crippen LogP contribution in [0.4, 0.5) is 11.4 Å². The molecule has 0 bridgehead atoms. The summed E-state index contributed by atoms with van der Waals surface area (Å²) in [7, 11) is 0. The summed E-state index contributed by atoms with van der Waals surface area (Å²) in [6.45, 7) is 0. The summed E-state index contributed by atoms with van der Waals surface area (Å²) in [6, 6.07) is 40.7. The first-order chi connectivity index (χ1) is 21.8. The first kappa shape index (κ1) is 25.1. The zero-order valence-corrected chi connectivity index (χ0v) is 24.0. The highest BCUT2D eigenvalue weighted by molar-refractivity contribution is 6.11. The van der Waals surface area contributed by atoms with Crippen LogP contribution in [0, 0.1) is 5.92 Å². The van der Waals surface area contributed by atoms with Gasteiger partial charge < -0.3 is 14.6 Å². The fourth-order valence-electron chi connectivity index (χ4n) is 6.94. The van der Waals surface area contributed by atoms with Gasteiger partial charge in [0.1, 0.15) is 17.0 Å². The minimum absolute atomic E-state index is 0.0231. The van der Waals surface area contributed by atoms with Crippen LogP contribution in [0.2, 0.25) is 0 Å². The van der Waals surface area contributed by atoms with E-state index in [0.29, 0.717) is 0 Å². The van der Waals surface area contributed by atoms with Crippen LogP contribution in [0.15, 0.2) is 149 Å². The summed E-state index contributed by atoms with van der Waals surface area (Å²) < 4.78 is 6.47. The Morgan fingerprint density at radius 1 is 0.659 bits per heavy atom. The number of hydrogen-bond donors (Lipinski definition) is 2. The van der Waals surface area contributed by atoms with Gasteiger partial charge in [-0.15, -0.1) is 0 Å². The number of para-hydroxylation sites is 2. The normalized spacial score (nSPS) is 20.4. The monoisotopic (exact) mass is 570 g/mol. The van der Waals surface area contributed by atoms with Crippen LogP contribution in [0.25, 0.3) is 44.2 Å². The predicted molar refractivity (Wildman–Crippen MR) is 180 cm³/mol. The Morgan fingerprint density at radius 2 is 1.41 bits per heavy atom. The number of nitrogens with one attached hydrogen (secondary N) is 2. The molecule has 0 fully saturated rings. The smallest absolute Gasteiger partial charge is 0.184 e. The average molecular weight is 571 g/mol. The molecule has 0 radical (unpaired) electrons. The number of benzene rings is 5. The number of amidine groups is 1. The molecule has 5 aromatic carbocycles. The number of furan rings is 1. The predicted octanol–water partition coefficient (Wildman–Crippen LogP) is 8.75. The summed E-state index contributed by atoms with van der Waals surface area (Å²) in [6.07, 6.45) is 9.34. The zero-order chi connectivity index (χ0) is 29.0. The van der Waals surface area contributed by atoms with E-state index in [9.17, 15) is 0 Å². The molecule has 5 heteroatoms. The Morgan fingerprint density at radius 3 is 2.25 bits per heavy atom. The number of hydrogen-bond acceptors (Lipinski definition) is 5. The fraction of sp³-hybridized carbons (Fsp3) is 0.103. The summed E-state index contributed by atoms with van der Waals surface area (Å²) in [5, 5.41) is 9.90. The molecule has 2 aliphatic heterocycles. The van der Waals surface area contributed by atoms with Crippen molar-refractivity contribution in [3.8, 4) is 22.3 Å². The molecule has 5 nitrogen and oxygen atoms in total. The van der Waals surface area contributed by atoms with E-state index in [4.69, 9.17) is 9.41 Å². The molecule has 3 heterocycles. The van der Waals surface area contributed by atoms with Gasteiger partial charge in [0.05, 0.1) is 17.5 Å². The number of anilines is 2. The third-order valence-electron chi connectivity index (χ3n) is 9.03. The maximum Gasteiger partial charge on any atom is 0.184 e. The van der Waals surface area contributed by atoms with Gasteiger partial charge in [-0.05, 0) is 35.7 Å². The lowest BCUT2D eigenvalue weighted by atomic mass is 9.94. The first-order valence-electron chi connectivity index (χ1n) is 15.2. The topological polar surface area (TPSA) is 52.8 Å². The van der Waals surface area contributed by atoms with Crippen molar-refractivity contribution in [3.63, 3.8) is 0 Å². The quantitative estimate of drug-likeness (QED) is 0.223. The van der Waals surface area contributed by atoms with Crippen molar-refractivity contribution in [2.24, 2.45) is 10.9 Å². The van der Waals surface area contributed by atoms with Crippen molar-refractivity contribution in [1.29, 1.82) is 0 Å². The molecule has 9 rings (SSSR count). The first-order valence-corrected chi connectivity index (χ1v) is 15.2. The highest BCUT2D eigenvalue weighted by atomic mass is 16.3. The van der Waals surface area contributed by atoms with Gasteiger partial charge in [-0.1, -0.05) is 115 Å². The Hall–Kier alpha value is -5.39. The molecule has 2 N–H and O–H groups in total. The minimum Gasteiger partial charge on any atom is -0.456 e. The van der Waals surface area contributed by atoms with Crippen molar-refractivity contribution >= 4 is 39.1 Å². The van der Waals surface area contributed by atoms with Gasteiger partial charge in [0.25, 0.3) is 0 Å². The van der Waals surface area contributed by atoms with Crippen molar-refractivity contribution < 1.29 is 4.42 Å². The highest BCUT2D eigenvalue weighted by Crippen LogP contribution is 2.50. The van der Waals surface area contributed by atoms with Gasteiger partial charge in [0.2, 0.25) is 0 Å². The molecule has 0 saturated heterocycles. The van der Waals surface area contributed by atoms with Crippen molar-refractivity contribution in [3.05, 3.63) is 145 Å². The highest BCUT2D eigenvalue weighted by Gasteiger charge is 2.36. The summed E-state index contributed by atoms with van der Waals surface area (Å²) in [4.78, 5) is 7.76. The van der Waals surface area contributed by atoms with E-state index in [-0.39, 0.29) is 18.4 Å². The lowest BCUT2D eigenvalue weighted by molar-refractivity contribution is 0.327. The average Bonchev–Trinajstić information content (AvgIpc) is 3.41. The maximum atomic E-state index is 6.47. The van der Waals surface area contributed by atoms with Crippen LogP contribution in [0.3, 0.4) is 0 Å². The fourth-order valence-corrected chi connectivity index (χ4v) is 6.94. The van der Waals surface area contributed by atoms with Crippen LogP contribution in [-0.4, -0.2) is 18.3 Å². The molecule has 0 saturated carbocycles. The summed E-state index contributed by atoms with van der Waals surface area (Å²) >= 11 is 0. The van der Waals surface area contributed by atoms with Crippen LogP contribution >= 0.6 is 0 Å². The number of nitrogens with zero attached hydrogens (tertiary/aromatic N) is 2. The second-order valence-electron chi connectivity index (χ2n) is 11.6. The van der Waals surface area contributed by atoms with Crippen LogP contribution in [0.1, 0.15) is 12.0 Å². The zero-order valence-electron chi connectivity index (χ0n) is 24.0. The lowest BCUT2D eigenvalue weighted by Gasteiger charge is -2.41. The molecule has 3 unspecified atom stereocenters. The Balaban J connectivity index is 1.31. The molecule has 44 heavy (non-hydrogen) atoms. The van der Waals surface area contributed by atoms with Gasteiger partial charge in [0, 0.05) is 39.4 Å². The molecule has 1 aromatic heterocycles. The molecule has 3 aliphatic rings. The number of rotatable bonds is 3. The second-order valence-corrected chi connectivity index (χ2v) is 11.6. The van der Waals surface area contributed by atoms with E-state index >= 15 is 0 Å². The second kappa shape index (κ2) is 10.1. The standard InChI is InChI=1S/C39H30N4O/c1-3-13-25(14-4-1)37-40-38(26-15-5-2-6-16-26)42-39(41-37)43-33-21-11-9-19-29(33)27-17-7-8-18-28(27)31-23-32-30-20-10-12-22-35(30)44-36(32)24-34(31)43/h1-15,17-24,26,38-39,42H,16H2,(H,40,41). The molecule has 212 valence electrons. The molecular formula is C39H30N4O. The number of aliphatic imine (C=N–C) groups is 1. The van der Waals surface area contributed by atoms with Gasteiger partial charge in [0.15, 0.2) is 6.29 Å². The van der Waals surface area contributed by atoms with Crippen LogP contribution < -0.4 is 15.5 Å². The van der Waals surface area contributed by atoms with Crippen molar-refractivity contribution in [2.75, 3.05) is 4.90 Å². The summed E-state index contributed by atoms with van der Waals surface area (Å²) in [5.41, 5.74) is 9.72. The third kappa shape index (κ3) is 4.01. The molecule has 3 atom stereocenters. The van der Waals surface area contributed by atoms with E-state index in [2.05, 4.69) is 137 Å². The number of fused-ring (bicyclic) bond motifs is 8. The Bertz CT molecular complexity index is 2140. The Labute approximate surface area is 255 Å². The Kier molecular flexibility index (Phi) is 5.78. The molecular weight excluding hydrogens is 540 g/mol. The van der Waals surface area contributed by atoms with Gasteiger partial charge in [-0.2, -0.15) is 0 Å². The van der Waals surface area contributed by atoms with Gasteiger partial charge in [-0.3, -0.25) is 5.32 Å². The summed E-state index contributed by atoms with van der Waals surface area (Å²) in [5.74, 6) is 1.15. The van der Waals surface area contributed by atoms with E-state index < -0.39 is 0 Å². The maximum absolute atomic E-state index is 6.47. The molecule has 1 aliphatic carbocycles. The largest absolute Gasteiger partial charge is 0.456 e. The molecule has 0 spiro atoms. The third-order valence-corrected chi connectivity index (χ3v) is 9.03. The van der Waals surface area contributed by atoms with Gasteiger partial charge in [-0.25, -0.2) is 4.99 Å². The van der Waals surface area contributed by atoms with E-state index in [1.165, 1.54) is 16.7 Å². The van der Waals surface area contributed by atoms with Gasteiger partial charge >= 0.3 is 0 Å². The van der Waals surface area contributed by atoms with Crippen LogP contribution in [-0.2, 0) is 0 Å². The lowest BCUT2D eigenvalue weighted by Crippen LogP contribution is -2.61. The van der Waals surface area contributed by atoms with E-state index in [0.717, 1.165) is 56.7 Å².